The number of nitrogen functional groups attached to an aromatic ring is 1. The van der Waals surface area contributed by atoms with Crippen LogP contribution in [0.5, 0.6) is 0 Å². The van der Waals surface area contributed by atoms with Crippen LogP contribution in [0, 0.1) is 0 Å². The second-order valence-corrected chi connectivity index (χ2v) is 5.88. The van der Waals surface area contributed by atoms with Gasteiger partial charge in [-0.3, -0.25) is 4.79 Å². The van der Waals surface area contributed by atoms with Gasteiger partial charge in [-0.25, -0.2) is 0 Å². The first kappa shape index (κ1) is 13.2. The number of para-hydroxylation sites is 1. The molecular formula is C16H15BrN2O. The number of nitrogens with zero attached hydrogens (tertiary/aromatic N) is 1. The summed E-state index contributed by atoms with van der Waals surface area (Å²) < 4.78 is 1.00. The van der Waals surface area contributed by atoms with Crippen LogP contribution in [0.25, 0.3) is 0 Å². The van der Waals surface area contributed by atoms with E-state index in [1.807, 2.05) is 49.4 Å². The van der Waals surface area contributed by atoms with Crippen molar-refractivity contribution in [2.75, 3.05) is 10.6 Å². The van der Waals surface area contributed by atoms with Crippen molar-refractivity contribution in [3.63, 3.8) is 0 Å². The van der Waals surface area contributed by atoms with Crippen molar-refractivity contribution >= 4 is 33.2 Å². The molecule has 4 heteroatoms. The summed E-state index contributed by atoms with van der Waals surface area (Å²) in [7, 11) is 0. The molecule has 0 fully saturated rings. The molecule has 1 aliphatic heterocycles. The second-order valence-electron chi connectivity index (χ2n) is 5.02. The Bertz CT molecular complexity index is 684. The van der Waals surface area contributed by atoms with Gasteiger partial charge in [0.1, 0.15) is 0 Å². The van der Waals surface area contributed by atoms with Crippen LogP contribution >= 0.6 is 15.9 Å². The number of carbonyl (C=O) groups excluding carboxylic acids is 1. The lowest BCUT2D eigenvalue weighted by molar-refractivity contribution is -0.119. The van der Waals surface area contributed by atoms with Crippen LogP contribution in [-0.4, -0.2) is 5.91 Å². The van der Waals surface area contributed by atoms with Gasteiger partial charge in [0.05, 0.1) is 23.8 Å². The van der Waals surface area contributed by atoms with Crippen LogP contribution in [0.2, 0.25) is 0 Å². The van der Waals surface area contributed by atoms with E-state index in [-0.39, 0.29) is 11.8 Å². The smallest absolute Gasteiger partial charge is 0.234 e. The maximum atomic E-state index is 12.5. The first-order chi connectivity index (χ1) is 9.59. The number of fused-ring (bicyclic) bond motifs is 1. The molecule has 3 nitrogen and oxygen atoms in total. The topological polar surface area (TPSA) is 46.3 Å². The molecule has 1 unspecified atom stereocenters. The lowest BCUT2D eigenvalue weighted by Gasteiger charge is -2.20. The Labute approximate surface area is 126 Å². The van der Waals surface area contributed by atoms with Gasteiger partial charge >= 0.3 is 0 Å². The SMILES string of the molecule is CC1C(=O)N(Cc2ccccc2Br)c2c(N)cccc21. The van der Waals surface area contributed by atoms with E-state index in [0.29, 0.717) is 12.2 Å². The van der Waals surface area contributed by atoms with Crippen LogP contribution in [0.4, 0.5) is 11.4 Å². The van der Waals surface area contributed by atoms with Crippen molar-refractivity contribution in [2.24, 2.45) is 0 Å². The molecule has 0 radical (unpaired) electrons. The normalized spacial score (nSPS) is 17.4. The highest BCUT2D eigenvalue weighted by atomic mass is 79.9. The van der Waals surface area contributed by atoms with Gasteiger partial charge in [0.2, 0.25) is 5.91 Å². The van der Waals surface area contributed by atoms with Crippen LogP contribution in [-0.2, 0) is 11.3 Å². The van der Waals surface area contributed by atoms with Crippen molar-refractivity contribution in [1.29, 1.82) is 0 Å². The Morgan fingerprint density at radius 3 is 2.70 bits per heavy atom. The monoisotopic (exact) mass is 330 g/mol. The van der Waals surface area contributed by atoms with E-state index in [2.05, 4.69) is 15.9 Å². The van der Waals surface area contributed by atoms with E-state index in [1.165, 1.54) is 0 Å². The molecule has 0 aliphatic carbocycles. The average molecular weight is 331 g/mol. The van der Waals surface area contributed by atoms with Gasteiger partial charge in [-0.1, -0.05) is 46.3 Å². The van der Waals surface area contributed by atoms with E-state index in [9.17, 15) is 4.79 Å². The van der Waals surface area contributed by atoms with Gasteiger partial charge < -0.3 is 10.6 Å². The summed E-state index contributed by atoms with van der Waals surface area (Å²) in [5.41, 5.74) is 9.68. The first-order valence-electron chi connectivity index (χ1n) is 6.52. The fourth-order valence-electron chi connectivity index (χ4n) is 2.67. The Balaban J connectivity index is 2.04. The predicted molar refractivity (Wildman–Crippen MR) is 84.6 cm³/mol. The van der Waals surface area contributed by atoms with Crippen molar-refractivity contribution in [3.8, 4) is 0 Å². The molecule has 3 rings (SSSR count). The van der Waals surface area contributed by atoms with Crippen LogP contribution < -0.4 is 10.6 Å². The highest BCUT2D eigenvalue weighted by Crippen LogP contribution is 2.42. The number of benzene rings is 2. The maximum Gasteiger partial charge on any atom is 0.234 e. The zero-order valence-corrected chi connectivity index (χ0v) is 12.7. The molecule has 1 aliphatic rings. The summed E-state index contributed by atoms with van der Waals surface area (Å²) in [5, 5.41) is 0. The first-order valence-corrected chi connectivity index (χ1v) is 7.32. The zero-order chi connectivity index (χ0) is 14.3. The fourth-order valence-corrected chi connectivity index (χ4v) is 3.08. The molecule has 0 saturated carbocycles. The highest BCUT2D eigenvalue weighted by Gasteiger charge is 2.35. The Morgan fingerprint density at radius 1 is 1.20 bits per heavy atom. The summed E-state index contributed by atoms with van der Waals surface area (Å²) in [5.74, 6) is -0.0235. The number of halogens is 1. The van der Waals surface area contributed by atoms with E-state index < -0.39 is 0 Å². The van der Waals surface area contributed by atoms with Crippen molar-refractivity contribution in [1.82, 2.24) is 0 Å². The number of rotatable bonds is 2. The van der Waals surface area contributed by atoms with E-state index in [4.69, 9.17) is 5.73 Å². The predicted octanol–water partition coefficient (Wildman–Crippen LogP) is 3.68. The van der Waals surface area contributed by atoms with Gasteiger partial charge in [-0.2, -0.15) is 0 Å². The second kappa shape index (κ2) is 4.94. The molecule has 2 N–H and O–H groups in total. The summed E-state index contributed by atoms with van der Waals surface area (Å²) >= 11 is 3.53. The van der Waals surface area contributed by atoms with Gasteiger partial charge in [0.25, 0.3) is 0 Å². The molecule has 1 heterocycles. The summed E-state index contributed by atoms with van der Waals surface area (Å²) in [6.07, 6.45) is 0. The fraction of sp³-hybridized carbons (Fsp3) is 0.188. The molecule has 2 aromatic carbocycles. The van der Waals surface area contributed by atoms with Crippen molar-refractivity contribution < 1.29 is 4.79 Å². The van der Waals surface area contributed by atoms with E-state index >= 15 is 0 Å². The molecule has 1 atom stereocenters. The Morgan fingerprint density at radius 2 is 1.95 bits per heavy atom. The van der Waals surface area contributed by atoms with Gasteiger partial charge in [-0.05, 0) is 30.2 Å². The number of carbonyl (C=O) groups is 1. The molecule has 1 amide bonds. The highest BCUT2D eigenvalue weighted by molar-refractivity contribution is 9.10. The third-order valence-electron chi connectivity index (χ3n) is 3.76. The third kappa shape index (κ3) is 2.00. The van der Waals surface area contributed by atoms with Crippen LogP contribution in [0.1, 0.15) is 24.0 Å². The minimum Gasteiger partial charge on any atom is -0.397 e. The minimum absolute atomic E-state index is 0.105. The number of nitrogens with two attached hydrogens (primary N) is 1. The van der Waals surface area contributed by atoms with Gasteiger partial charge in [0, 0.05) is 4.47 Å². The number of hydrogen-bond acceptors (Lipinski definition) is 2. The van der Waals surface area contributed by atoms with E-state index in [1.54, 1.807) is 4.90 Å². The summed E-state index contributed by atoms with van der Waals surface area (Å²) in [4.78, 5) is 14.3. The van der Waals surface area contributed by atoms with Gasteiger partial charge in [0.15, 0.2) is 0 Å². The molecule has 0 bridgehead atoms. The standard InChI is InChI=1S/C16H15BrN2O/c1-10-12-6-4-8-14(18)15(12)19(16(10)20)9-11-5-2-3-7-13(11)17/h2-8,10H,9,18H2,1H3. The number of hydrogen-bond donors (Lipinski definition) is 1. The molecular weight excluding hydrogens is 316 g/mol. The lowest BCUT2D eigenvalue weighted by Crippen LogP contribution is -2.28. The van der Waals surface area contributed by atoms with Crippen LogP contribution in [0.3, 0.4) is 0 Å². The van der Waals surface area contributed by atoms with Crippen molar-refractivity contribution in [2.45, 2.75) is 19.4 Å². The zero-order valence-electron chi connectivity index (χ0n) is 11.1. The van der Waals surface area contributed by atoms with Crippen molar-refractivity contribution in [3.05, 3.63) is 58.1 Å². The third-order valence-corrected chi connectivity index (χ3v) is 4.53. The summed E-state index contributed by atoms with van der Waals surface area (Å²) in [6.45, 7) is 2.46. The Hall–Kier alpha value is -1.81. The van der Waals surface area contributed by atoms with E-state index in [0.717, 1.165) is 21.3 Å². The average Bonchev–Trinajstić information content (AvgIpc) is 2.68. The maximum absolute atomic E-state index is 12.5. The molecule has 20 heavy (non-hydrogen) atoms. The minimum atomic E-state index is -0.129. The number of anilines is 2. The van der Waals surface area contributed by atoms with Gasteiger partial charge in [-0.15, -0.1) is 0 Å². The molecule has 0 saturated heterocycles. The number of amides is 1. The van der Waals surface area contributed by atoms with Crippen LogP contribution in [0.15, 0.2) is 46.9 Å². The Kier molecular flexibility index (Phi) is 3.26. The molecule has 0 spiro atoms. The molecule has 2 aromatic rings. The quantitative estimate of drug-likeness (QED) is 0.854. The molecule has 0 aromatic heterocycles. The lowest BCUT2D eigenvalue weighted by atomic mass is 10.0. The molecule has 102 valence electrons. The summed E-state index contributed by atoms with van der Waals surface area (Å²) in [6, 6.07) is 13.7. The largest absolute Gasteiger partial charge is 0.397 e.